The van der Waals surface area contributed by atoms with E-state index in [9.17, 15) is 4.79 Å². The summed E-state index contributed by atoms with van der Waals surface area (Å²) in [5.74, 6) is 0.921. The molecule has 1 unspecified atom stereocenters. The standard InChI is InChI=1S/C19H25N5O/c1-23-10-15(18(12-23)14-5-3-2-4-6-14)8-21-19(25)22-16-7-17-9-20-13-24(17)11-16/h2-6,9,13,15-16,18H,7-8,10-12H2,1H3,(H2,21,22,25)/t15-,16?,18+/m1/s1. The molecule has 0 aliphatic carbocycles. The summed E-state index contributed by atoms with van der Waals surface area (Å²) in [6, 6.07) is 10.7. The largest absolute Gasteiger partial charge is 0.338 e. The molecule has 0 spiro atoms. The number of benzene rings is 1. The van der Waals surface area contributed by atoms with Crippen molar-refractivity contribution in [2.45, 2.75) is 24.9 Å². The average Bonchev–Trinajstić information content (AvgIpc) is 3.28. The Kier molecular flexibility index (Phi) is 4.44. The number of fused-ring (bicyclic) bond motifs is 1. The normalized spacial score (nSPS) is 25.7. The van der Waals surface area contributed by atoms with Gasteiger partial charge in [0.05, 0.1) is 12.4 Å². The highest BCUT2D eigenvalue weighted by atomic mass is 16.2. The number of rotatable bonds is 4. The molecule has 4 rings (SSSR count). The molecule has 132 valence electrons. The third kappa shape index (κ3) is 3.54. The van der Waals surface area contributed by atoms with Crippen molar-refractivity contribution in [1.82, 2.24) is 25.1 Å². The zero-order valence-corrected chi connectivity index (χ0v) is 14.6. The van der Waals surface area contributed by atoms with Gasteiger partial charge in [0.15, 0.2) is 0 Å². The molecule has 2 aliphatic rings. The second-order valence-electron chi connectivity index (χ2n) is 7.29. The summed E-state index contributed by atoms with van der Waals surface area (Å²) in [4.78, 5) is 18.8. The number of likely N-dealkylation sites (N-methyl/N-ethyl adjacent to an activating group) is 1. The van der Waals surface area contributed by atoms with E-state index >= 15 is 0 Å². The fourth-order valence-corrected chi connectivity index (χ4v) is 4.17. The van der Waals surface area contributed by atoms with Crippen LogP contribution in [0.25, 0.3) is 0 Å². The molecule has 1 saturated heterocycles. The Morgan fingerprint density at radius 2 is 2.08 bits per heavy atom. The molecule has 1 aromatic carbocycles. The van der Waals surface area contributed by atoms with E-state index in [2.05, 4.69) is 62.5 Å². The van der Waals surface area contributed by atoms with Crippen LogP contribution in [0.3, 0.4) is 0 Å². The van der Waals surface area contributed by atoms with Gasteiger partial charge in [-0.2, -0.15) is 0 Å². The van der Waals surface area contributed by atoms with Crippen molar-refractivity contribution in [2.75, 3.05) is 26.7 Å². The maximum Gasteiger partial charge on any atom is 0.315 e. The molecular formula is C19H25N5O. The smallest absolute Gasteiger partial charge is 0.315 e. The first kappa shape index (κ1) is 16.1. The van der Waals surface area contributed by atoms with Crippen LogP contribution in [0, 0.1) is 5.92 Å². The van der Waals surface area contributed by atoms with E-state index in [4.69, 9.17) is 0 Å². The molecule has 6 nitrogen and oxygen atoms in total. The van der Waals surface area contributed by atoms with Gasteiger partial charge in [-0.3, -0.25) is 0 Å². The van der Waals surface area contributed by atoms with E-state index in [1.54, 1.807) is 0 Å². The van der Waals surface area contributed by atoms with Crippen molar-refractivity contribution in [3.05, 3.63) is 54.1 Å². The molecule has 6 heteroatoms. The van der Waals surface area contributed by atoms with Crippen LogP contribution in [0.1, 0.15) is 17.2 Å². The van der Waals surface area contributed by atoms with E-state index < -0.39 is 0 Å². The first-order chi connectivity index (χ1) is 12.2. The minimum absolute atomic E-state index is 0.0647. The molecule has 2 N–H and O–H groups in total. The summed E-state index contributed by atoms with van der Waals surface area (Å²) in [7, 11) is 2.15. The van der Waals surface area contributed by atoms with Crippen molar-refractivity contribution < 1.29 is 4.79 Å². The minimum Gasteiger partial charge on any atom is -0.338 e. The van der Waals surface area contributed by atoms with Crippen molar-refractivity contribution >= 4 is 6.03 Å². The van der Waals surface area contributed by atoms with Gasteiger partial charge in [-0.05, 0) is 18.5 Å². The number of nitrogens with one attached hydrogen (secondary N) is 2. The highest BCUT2D eigenvalue weighted by Crippen LogP contribution is 2.31. The number of carbonyl (C=O) groups excluding carboxylic acids is 1. The molecule has 2 aromatic rings. The van der Waals surface area contributed by atoms with Crippen LogP contribution in [-0.2, 0) is 13.0 Å². The summed E-state index contributed by atoms with van der Waals surface area (Å²) >= 11 is 0. The quantitative estimate of drug-likeness (QED) is 0.886. The Hall–Kier alpha value is -2.34. The van der Waals surface area contributed by atoms with Crippen LogP contribution in [0.2, 0.25) is 0 Å². The van der Waals surface area contributed by atoms with Crippen LogP contribution in [0.5, 0.6) is 0 Å². The first-order valence-corrected chi connectivity index (χ1v) is 8.96. The highest BCUT2D eigenvalue weighted by molar-refractivity contribution is 5.74. The van der Waals surface area contributed by atoms with E-state index in [0.29, 0.717) is 18.4 Å². The lowest BCUT2D eigenvalue weighted by Crippen LogP contribution is -2.45. The summed E-state index contributed by atoms with van der Waals surface area (Å²) in [5, 5.41) is 6.18. The van der Waals surface area contributed by atoms with Gasteiger partial charge in [-0.15, -0.1) is 0 Å². The predicted molar refractivity (Wildman–Crippen MR) is 96.4 cm³/mol. The van der Waals surface area contributed by atoms with Crippen LogP contribution < -0.4 is 10.6 Å². The van der Waals surface area contributed by atoms with Crippen molar-refractivity contribution in [3.63, 3.8) is 0 Å². The molecule has 2 aliphatic heterocycles. The summed E-state index contributed by atoms with van der Waals surface area (Å²) in [5.41, 5.74) is 2.55. The molecule has 3 heterocycles. The van der Waals surface area contributed by atoms with E-state index in [-0.39, 0.29) is 12.1 Å². The molecular weight excluding hydrogens is 314 g/mol. The third-order valence-corrected chi connectivity index (χ3v) is 5.38. The second-order valence-corrected chi connectivity index (χ2v) is 7.29. The lowest BCUT2D eigenvalue weighted by molar-refractivity contribution is 0.234. The van der Waals surface area contributed by atoms with Gasteiger partial charge in [0.1, 0.15) is 0 Å². The number of likely N-dealkylation sites (tertiary alicyclic amines) is 1. The molecule has 2 amide bonds. The fourth-order valence-electron chi connectivity index (χ4n) is 4.17. The number of imidazole rings is 1. The number of aromatic nitrogens is 2. The SMILES string of the molecule is CN1C[C@@H](CNC(=O)NC2Cc3cncn3C2)[C@H](c2ccccc2)C1. The minimum atomic E-state index is -0.0647. The van der Waals surface area contributed by atoms with Crippen molar-refractivity contribution in [3.8, 4) is 0 Å². The Morgan fingerprint density at radius 3 is 2.88 bits per heavy atom. The van der Waals surface area contributed by atoms with Crippen LogP contribution in [0.15, 0.2) is 42.9 Å². The lowest BCUT2D eigenvalue weighted by atomic mass is 9.89. The van der Waals surface area contributed by atoms with Crippen LogP contribution >= 0.6 is 0 Å². The van der Waals surface area contributed by atoms with Crippen molar-refractivity contribution in [2.24, 2.45) is 5.92 Å². The number of hydrogen-bond acceptors (Lipinski definition) is 3. The van der Waals surface area contributed by atoms with Crippen molar-refractivity contribution in [1.29, 1.82) is 0 Å². The molecule has 1 fully saturated rings. The number of carbonyl (C=O) groups is 1. The zero-order chi connectivity index (χ0) is 17.2. The number of hydrogen-bond donors (Lipinski definition) is 2. The monoisotopic (exact) mass is 339 g/mol. The van der Waals surface area contributed by atoms with Gasteiger partial charge < -0.3 is 20.1 Å². The molecule has 0 radical (unpaired) electrons. The van der Waals surface area contributed by atoms with E-state index in [0.717, 1.165) is 26.1 Å². The summed E-state index contributed by atoms with van der Waals surface area (Å²) in [6.45, 7) is 3.57. The Labute approximate surface area is 148 Å². The summed E-state index contributed by atoms with van der Waals surface area (Å²) in [6.07, 6.45) is 4.55. The Morgan fingerprint density at radius 1 is 1.24 bits per heavy atom. The van der Waals surface area contributed by atoms with Gasteiger partial charge >= 0.3 is 6.03 Å². The molecule has 0 bridgehead atoms. The highest BCUT2D eigenvalue weighted by Gasteiger charge is 2.32. The fraction of sp³-hybridized carbons (Fsp3) is 0.474. The Balaban J connectivity index is 1.29. The van der Waals surface area contributed by atoms with E-state index in [1.807, 2.05) is 12.5 Å². The molecule has 0 saturated carbocycles. The van der Waals surface area contributed by atoms with Gasteiger partial charge in [0.25, 0.3) is 0 Å². The molecule has 3 atom stereocenters. The summed E-state index contributed by atoms with van der Waals surface area (Å²) < 4.78 is 2.10. The second kappa shape index (κ2) is 6.88. The number of nitrogens with zero attached hydrogens (tertiary/aromatic N) is 3. The van der Waals surface area contributed by atoms with Gasteiger partial charge in [-0.25, -0.2) is 9.78 Å². The molecule has 1 aromatic heterocycles. The maximum absolute atomic E-state index is 12.3. The Bertz CT molecular complexity index is 708. The average molecular weight is 339 g/mol. The maximum atomic E-state index is 12.3. The van der Waals surface area contributed by atoms with Crippen LogP contribution in [0.4, 0.5) is 4.79 Å². The predicted octanol–water partition coefficient (Wildman–Crippen LogP) is 1.45. The topological polar surface area (TPSA) is 62.2 Å². The zero-order valence-electron chi connectivity index (χ0n) is 14.6. The number of amides is 2. The van der Waals surface area contributed by atoms with Crippen LogP contribution in [-0.4, -0.2) is 53.2 Å². The first-order valence-electron chi connectivity index (χ1n) is 8.96. The van der Waals surface area contributed by atoms with Gasteiger partial charge in [0, 0.05) is 50.4 Å². The third-order valence-electron chi connectivity index (χ3n) is 5.38. The van der Waals surface area contributed by atoms with Gasteiger partial charge in [-0.1, -0.05) is 30.3 Å². The van der Waals surface area contributed by atoms with Gasteiger partial charge in [0.2, 0.25) is 0 Å². The molecule has 25 heavy (non-hydrogen) atoms. The van der Waals surface area contributed by atoms with E-state index in [1.165, 1.54) is 11.3 Å². The lowest BCUT2D eigenvalue weighted by Gasteiger charge is -2.20. The number of urea groups is 1.